The monoisotopic (exact) mass is 425 g/mol. The number of carbonyl (C=O) groups excluding carboxylic acids is 1. The first-order valence-electron chi connectivity index (χ1n) is 10.9. The summed E-state index contributed by atoms with van der Waals surface area (Å²) in [5.41, 5.74) is 4.44. The predicted octanol–water partition coefficient (Wildman–Crippen LogP) is 5.89. The molecule has 2 heterocycles. The second kappa shape index (κ2) is 8.89. The summed E-state index contributed by atoms with van der Waals surface area (Å²) >= 11 is 0. The number of amides is 1. The molecule has 4 nitrogen and oxygen atoms in total. The van der Waals surface area contributed by atoms with Crippen LogP contribution in [-0.2, 0) is 6.54 Å². The number of halogens is 1. The largest absolute Gasteiger partial charge is 0.319 e. The number of fused-ring (bicyclic) bond motifs is 1. The molecule has 3 aromatic carbocycles. The SMILES string of the molecule is O=C(Nc1cc2ncc(CN3CCCC3)cc2cc1F)c1ccc(-c2ccccc2)cc1. The van der Waals surface area contributed by atoms with Gasteiger partial charge in [-0.05, 0) is 73.0 Å². The molecule has 5 heteroatoms. The maximum absolute atomic E-state index is 14.8. The van der Waals surface area contributed by atoms with E-state index in [0.29, 0.717) is 11.1 Å². The summed E-state index contributed by atoms with van der Waals surface area (Å²) in [7, 11) is 0. The molecule has 0 spiro atoms. The fourth-order valence-corrected chi connectivity index (χ4v) is 4.21. The Bertz CT molecular complexity index is 1250. The Morgan fingerprint density at radius 2 is 1.66 bits per heavy atom. The number of benzene rings is 3. The van der Waals surface area contributed by atoms with Crippen molar-refractivity contribution in [3.05, 3.63) is 95.9 Å². The minimum absolute atomic E-state index is 0.134. The standard InChI is InChI=1S/C27H24FN3O/c28-24-15-23-14-19(18-31-12-4-5-13-31)17-29-25(23)16-26(24)30-27(32)22-10-8-21(9-11-22)20-6-2-1-3-7-20/h1-3,6-11,14-17H,4-5,12-13,18H2,(H,30,32). The van der Waals surface area contributed by atoms with Gasteiger partial charge < -0.3 is 5.32 Å². The second-order valence-electron chi connectivity index (χ2n) is 8.25. The van der Waals surface area contributed by atoms with Crippen LogP contribution in [0.3, 0.4) is 0 Å². The van der Waals surface area contributed by atoms with Crippen LogP contribution in [0.25, 0.3) is 22.0 Å². The van der Waals surface area contributed by atoms with Crippen molar-refractivity contribution < 1.29 is 9.18 Å². The van der Waals surface area contributed by atoms with E-state index in [1.807, 2.05) is 54.7 Å². The lowest BCUT2D eigenvalue weighted by Crippen LogP contribution is -2.18. The Morgan fingerprint density at radius 3 is 2.41 bits per heavy atom. The predicted molar refractivity (Wildman–Crippen MR) is 126 cm³/mol. The molecule has 1 aliphatic heterocycles. The van der Waals surface area contributed by atoms with Gasteiger partial charge in [0.2, 0.25) is 0 Å². The molecule has 0 atom stereocenters. The lowest BCUT2D eigenvalue weighted by Gasteiger charge is -2.15. The minimum atomic E-state index is -0.466. The van der Waals surface area contributed by atoms with Crippen LogP contribution in [0.4, 0.5) is 10.1 Å². The van der Waals surface area contributed by atoms with E-state index < -0.39 is 5.82 Å². The summed E-state index contributed by atoms with van der Waals surface area (Å²) < 4.78 is 14.8. The zero-order chi connectivity index (χ0) is 21.9. The van der Waals surface area contributed by atoms with Gasteiger partial charge in [0, 0.05) is 23.7 Å². The average Bonchev–Trinajstić information content (AvgIpc) is 3.33. The number of nitrogens with zero attached hydrogens (tertiary/aromatic N) is 2. The normalized spacial score (nSPS) is 14.0. The number of rotatable bonds is 5. The molecule has 1 aliphatic rings. The molecule has 160 valence electrons. The highest BCUT2D eigenvalue weighted by atomic mass is 19.1. The number of anilines is 1. The van der Waals surface area contributed by atoms with Crippen molar-refractivity contribution in [2.24, 2.45) is 0 Å². The third-order valence-electron chi connectivity index (χ3n) is 5.93. The number of pyridine rings is 1. The van der Waals surface area contributed by atoms with Gasteiger partial charge in [0.15, 0.2) is 0 Å². The van der Waals surface area contributed by atoms with Crippen LogP contribution in [0.5, 0.6) is 0 Å². The molecule has 4 aromatic rings. The molecule has 0 saturated carbocycles. The molecule has 1 amide bonds. The van der Waals surface area contributed by atoms with Gasteiger partial charge in [0.25, 0.3) is 5.91 Å². The summed E-state index contributed by atoms with van der Waals surface area (Å²) in [5.74, 6) is -0.819. The van der Waals surface area contributed by atoms with Crippen LogP contribution in [0.15, 0.2) is 79.0 Å². The van der Waals surface area contributed by atoms with E-state index in [0.717, 1.165) is 41.7 Å². The second-order valence-corrected chi connectivity index (χ2v) is 8.25. The quantitative estimate of drug-likeness (QED) is 0.434. The molecule has 1 fully saturated rings. The van der Waals surface area contributed by atoms with Crippen molar-refractivity contribution in [2.45, 2.75) is 19.4 Å². The highest BCUT2D eigenvalue weighted by Gasteiger charge is 2.14. The van der Waals surface area contributed by atoms with E-state index >= 15 is 0 Å². The van der Waals surface area contributed by atoms with E-state index in [1.54, 1.807) is 18.2 Å². The molecule has 1 saturated heterocycles. The zero-order valence-electron chi connectivity index (χ0n) is 17.7. The molecule has 0 aliphatic carbocycles. The summed E-state index contributed by atoms with van der Waals surface area (Å²) in [6, 6.07) is 22.3. The van der Waals surface area contributed by atoms with Crippen LogP contribution in [0.1, 0.15) is 28.8 Å². The van der Waals surface area contributed by atoms with Crippen molar-refractivity contribution >= 4 is 22.5 Å². The first-order valence-corrected chi connectivity index (χ1v) is 10.9. The van der Waals surface area contributed by atoms with Crippen LogP contribution in [0.2, 0.25) is 0 Å². The topological polar surface area (TPSA) is 45.2 Å². The van der Waals surface area contributed by atoms with Crippen LogP contribution in [0, 0.1) is 5.82 Å². The zero-order valence-corrected chi connectivity index (χ0v) is 17.7. The molecular weight excluding hydrogens is 401 g/mol. The van der Waals surface area contributed by atoms with Crippen LogP contribution < -0.4 is 5.32 Å². The van der Waals surface area contributed by atoms with Gasteiger partial charge in [-0.2, -0.15) is 0 Å². The maximum Gasteiger partial charge on any atom is 0.255 e. The number of nitrogens with one attached hydrogen (secondary N) is 1. The van der Waals surface area contributed by atoms with Gasteiger partial charge in [0.05, 0.1) is 11.2 Å². The Labute approximate surface area is 186 Å². The number of aromatic nitrogens is 1. The Balaban J connectivity index is 1.32. The fraction of sp³-hybridized carbons (Fsp3) is 0.185. The first-order chi connectivity index (χ1) is 15.7. The van der Waals surface area contributed by atoms with Crippen molar-refractivity contribution in [3.8, 4) is 11.1 Å². The summed E-state index contributed by atoms with van der Waals surface area (Å²) in [4.78, 5) is 19.6. The molecular formula is C27H24FN3O. The van der Waals surface area contributed by atoms with E-state index in [9.17, 15) is 9.18 Å². The molecule has 0 unspecified atom stereocenters. The minimum Gasteiger partial charge on any atom is -0.319 e. The van der Waals surface area contributed by atoms with Gasteiger partial charge in [-0.1, -0.05) is 42.5 Å². The number of carbonyl (C=O) groups is 1. The van der Waals surface area contributed by atoms with Crippen molar-refractivity contribution in [1.82, 2.24) is 9.88 Å². The van der Waals surface area contributed by atoms with Gasteiger partial charge in [-0.15, -0.1) is 0 Å². The van der Waals surface area contributed by atoms with Crippen LogP contribution >= 0.6 is 0 Å². The number of likely N-dealkylation sites (tertiary alicyclic amines) is 1. The summed E-state index contributed by atoms with van der Waals surface area (Å²) in [5, 5.41) is 3.43. The highest BCUT2D eigenvalue weighted by Crippen LogP contribution is 2.25. The molecule has 32 heavy (non-hydrogen) atoms. The molecule has 0 bridgehead atoms. The summed E-state index contributed by atoms with van der Waals surface area (Å²) in [6.45, 7) is 3.04. The van der Waals surface area contributed by atoms with Crippen LogP contribution in [-0.4, -0.2) is 28.9 Å². The summed E-state index contributed by atoms with van der Waals surface area (Å²) in [6.07, 6.45) is 4.30. The average molecular weight is 426 g/mol. The highest BCUT2D eigenvalue weighted by molar-refractivity contribution is 6.05. The van der Waals surface area contributed by atoms with Crippen molar-refractivity contribution in [3.63, 3.8) is 0 Å². The maximum atomic E-state index is 14.8. The molecule has 5 rings (SSSR count). The third kappa shape index (κ3) is 4.39. The van der Waals surface area contributed by atoms with Gasteiger partial charge >= 0.3 is 0 Å². The first kappa shape index (κ1) is 20.3. The van der Waals surface area contributed by atoms with Crippen molar-refractivity contribution in [2.75, 3.05) is 18.4 Å². The number of hydrogen-bond donors (Lipinski definition) is 1. The Morgan fingerprint density at radius 1 is 0.938 bits per heavy atom. The van der Waals surface area contributed by atoms with Gasteiger partial charge in [0.1, 0.15) is 5.82 Å². The van der Waals surface area contributed by atoms with E-state index in [4.69, 9.17) is 0 Å². The lowest BCUT2D eigenvalue weighted by atomic mass is 10.0. The van der Waals surface area contributed by atoms with E-state index in [2.05, 4.69) is 15.2 Å². The van der Waals surface area contributed by atoms with Gasteiger partial charge in [-0.3, -0.25) is 14.7 Å². The third-order valence-corrected chi connectivity index (χ3v) is 5.93. The fourth-order valence-electron chi connectivity index (χ4n) is 4.21. The molecule has 1 N–H and O–H groups in total. The Hall–Kier alpha value is -3.57. The lowest BCUT2D eigenvalue weighted by molar-refractivity contribution is 0.102. The molecule has 1 aromatic heterocycles. The molecule has 0 radical (unpaired) electrons. The van der Waals surface area contributed by atoms with E-state index in [1.165, 1.54) is 18.9 Å². The van der Waals surface area contributed by atoms with E-state index in [-0.39, 0.29) is 11.6 Å². The van der Waals surface area contributed by atoms with Gasteiger partial charge in [-0.25, -0.2) is 4.39 Å². The smallest absolute Gasteiger partial charge is 0.255 e. The Kier molecular flexibility index (Phi) is 5.65. The number of hydrogen-bond acceptors (Lipinski definition) is 3. The van der Waals surface area contributed by atoms with Crippen molar-refractivity contribution in [1.29, 1.82) is 0 Å².